The number of aromatic nitrogens is 9. The molecule has 0 fully saturated rings. The average molecular weight is 2470 g/mol. The van der Waals surface area contributed by atoms with Gasteiger partial charge < -0.3 is 69.6 Å². The molecule has 141 heavy (non-hydrogen) atoms. The Morgan fingerprint density at radius 1 is 0.298 bits per heavy atom. The molecule has 0 aliphatic heterocycles. The molecular formula is C105H89F12Ir3N9O12-6. The molecule has 6 aromatic carbocycles. The summed E-state index contributed by atoms with van der Waals surface area (Å²) in [6.45, 7) is 5.34. The number of hydrogen-bond acceptors (Lipinski definition) is 18. The summed E-state index contributed by atoms with van der Waals surface area (Å²) in [5.74, 6) is -10.1. The van der Waals surface area contributed by atoms with Crippen LogP contribution in [-0.2, 0) is 69.8 Å². The van der Waals surface area contributed by atoms with Crippen LogP contribution in [-0.4, -0.2) is 121 Å². The first-order valence-corrected chi connectivity index (χ1v) is 42.3. The number of aromatic carboxylic acids is 3. The van der Waals surface area contributed by atoms with Crippen molar-refractivity contribution in [2.45, 2.75) is 89.9 Å². The number of carboxylic acid groups (broad SMARTS) is 3. The van der Waals surface area contributed by atoms with Crippen LogP contribution in [0.4, 0.5) is 52.7 Å². The number of nitrogens with zero attached hydrogens (tertiary/aromatic N) is 9. The number of carbonyl (C=O) groups excluding carboxylic acids is 1. The third-order valence-corrected chi connectivity index (χ3v) is 18.1. The van der Waals surface area contributed by atoms with Crippen molar-refractivity contribution < 1.29 is 172 Å². The molecule has 0 atom stereocenters. The molecule has 9 heterocycles. The molecule has 0 aliphatic rings. The standard InChI is InChI=1S/C18H25NO5.C15H23NO4.6C11H6F2N.C6H5NO3.3Ir/c1-2-17(20)24-13-9-7-5-3-4-6-8-12-23-15-10-11-16(18(21)22)19-14-15;17-10-6-4-2-1-3-5-7-11-20-13-8-9-14(15(18)19)16-12-13;6*12-8-4-5-9(10(13)7-8)11-3-1-2-6-14-11;8-4-1-2-5(6(9)10)7-3-4;;;/h2,10-11,14H,1,3-9,12-13H2,(H,21,22);8-9,12,17H,1-7,10-11H2,(H,18,19);6*1-4,6-7H;1-3,8H,(H,9,10);;;/q;;6*-1;;;;. The number of aromatic hydroxyl groups is 1. The van der Waals surface area contributed by atoms with Crippen molar-refractivity contribution in [3.8, 4) is 84.8 Å². The fraction of sp³-hybridized carbons (Fsp3) is 0.171. The van der Waals surface area contributed by atoms with Crippen LogP contribution in [0.15, 0.2) is 287 Å². The van der Waals surface area contributed by atoms with Crippen molar-refractivity contribution in [2.24, 2.45) is 0 Å². The molecule has 21 nitrogen and oxygen atoms in total. The molecule has 15 rings (SSSR count). The zero-order valence-electron chi connectivity index (χ0n) is 74.6. The summed E-state index contributed by atoms with van der Waals surface area (Å²) in [5, 5.41) is 43.1. The second-order valence-electron chi connectivity index (χ2n) is 28.4. The van der Waals surface area contributed by atoms with Gasteiger partial charge in [-0.1, -0.05) is 213 Å². The maximum absolute atomic E-state index is 13.2. The smallest absolute Gasteiger partial charge is 0.354 e. The summed E-state index contributed by atoms with van der Waals surface area (Å²) in [7, 11) is 0. The molecule has 0 spiro atoms. The molecule has 15 aromatic rings. The molecule has 0 amide bonds. The molecule has 0 bridgehead atoms. The number of aliphatic hydroxyl groups is 1. The first-order chi connectivity index (χ1) is 66.7. The fourth-order valence-electron chi connectivity index (χ4n) is 11.4. The molecule has 9 aromatic heterocycles. The van der Waals surface area contributed by atoms with Crippen LogP contribution in [0.2, 0.25) is 0 Å². The fourth-order valence-corrected chi connectivity index (χ4v) is 11.4. The Bertz CT molecular complexity index is 5510. The topological polar surface area (TPSA) is 313 Å². The van der Waals surface area contributed by atoms with Gasteiger partial charge in [0.25, 0.3) is 0 Å². The van der Waals surface area contributed by atoms with Crippen LogP contribution in [0.25, 0.3) is 67.5 Å². The van der Waals surface area contributed by atoms with Gasteiger partial charge in [-0.15, -0.1) is 72.8 Å². The van der Waals surface area contributed by atoms with Gasteiger partial charge in [0.1, 0.15) is 34.3 Å². The molecule has 5 N–H and O–H groups in total. The molecule has 0 saturated heterocycles. The zero-order chi connectivity index (χ0) is 99.6. The van der Waals surface area contributed by atoms with Crippen molar-refractivity contribution in [1.29, 1.82) is 0 Å². The van der Waals surface area contributed by atoms with Gasteiger partial charge in [-0.05, 0) is 133 Å². The van der Waals surface area contributed by atoms with E-state index in [9.17, 15) is 71.9 Å². The van der Waals surface area contributed by atoms with E-state index in [1.165, 1.54) is 62.0 Å². The van der Waals surface area contributed by atoms with E-state index in [-0.39, 0.29) is 122 Å². The average Bonchev–Trinajstić information content (AvgIpc) is 0.862. The first kappa shape index (κ1) is 119. The third-order valence-electron chi connectivity index (χ3n) is 18.1. The number of benzene rings is 6. The third kappa shape index (κ3) is 45.9. The number of unbranched alkanes of at least 4 members (excludes halogenated alkanes) is 12. The van der Waals surface area contributed by atoms with E-state index in [1.54, 1.807) is 159 Å². The van der Waals surface area contributed by atoms with Gasteiger partial charge in [-0.3, -0.25) is 52.7 Å². The number of carboxylic acids is 3. The molecular weight excluding hydrogens is 2380 g/mol. The van der Waals surface area contributed by atoms with Crippen molar-refractivity contribution >= 4 is 23.9 Å². The number of ether oxygens (including phenoxy) is 3. The molecule has 0 saturated carbocycles. The Kier molecular flexibility index (Phi) is 57.4. The van der Waals surface area contributed by atoms with E-state index >= 15 is 0 Å². The maximum Gasteiger partial charge on any atom is 0.354 e. The van der Waals surface area contributed by atoms with Crippen LogP contribution in [0.5, 0.6) is 17.2 Å². The predicted molar refractivity (Wildman–Crippen MR) is 490 cm³/mol. The molecule has 3 radical (unpaired) electrons. The summed E-state index contributed by atoms with van der Waals surface area (Å²) in [5.41, 5.74) is 3.79. The number of hydrogen-bond donors (Lipinski definition) is 5. The van der Waals surface area contributed by atoms with E-state index in [2.05, 4.69) is 87.8 Å². The van der Waals surface area contributed by atoms with Gasteiger partial charge in [-0.2, -0.15) is 0 Å². The monoisotopic (exact) mass is 2470 g/mol. The van der Waals surface area contributed by atoms with E-state index in [0.29, 0.717) is 72.1 Å². The summed E-state index contributed by atoms with van der Waals surface area (Å²) < 4.78 is 171. The summed E-state index contributed by atoms with van der Waals surface area (Å²) in [6.07, 6.45) is 29.5. The Morgan fingerprint density at radius 3 is 0.716 bits per heavy atom. The zero-order valence-corrected chi connectivity index (χ0v) is 81.8. The van der Waals surface area contributed by atoms with Gasteiger partial charge in [0.05, 0.1) is 38.4 Å². The van der Waals surface area contributed by atoms with Crippen molar-refractivity contribution in [1.82, 2.24) is 44.9 Å². The molecule has 36 heteroatoms. The predicted octanol–water partition coefficient (Wildman–Crippen LogP) is 23.9. The van der Waals surface area contributed by atoms with E-state index in [4.69, 9.17) is 39.7 Å². The van der Waals surface area contributed by atoms with Crippen LogP contribution < -0.4 is 9.47 Å². The van der Waals surface area contributed by atoms with Crippen LogP contribution in [0.3, 0.4) is 0 Å². The Balaban J connectivity index is 0.000000333. The number of aliphatic hydroxyl groups excluding tert-OH is 1. The number of esters is 1. The SMILES string of the molecule is C=CC(=O)OCCCCCCCCCOc1ccc(C(=O)O)nc1.Fc1c[c-]c(-c2ccccn2)c(F)c1.Fc1c[c-]c(-c2ccccn2)c(F)c1.Fc1c[c-]c(-c2ccccn2)c(F)c1.Fc1c[c-]c(-c2ccccn2)c(F)c1.Fc1c[c-]c(-c2ccccn2)c(F)c1.Fc1c[c-]c(-c2ccccn2)c(F)c1.O=C(O)c1ccc(O)cn1.O=C(O)c1ccc(OCCCCCCCCCO)cn1.[Ir].[Ir].[Ir]. The van der Waals surface area contributed by atoms with Gasteiger partial charge in [0.2, 0.25) is 0 Å². The quantitative estimate of drug-likeness (QED) is 0.00886. The van der Waals surface area contributed by atoms with Gasteiger partial charge >= 0.3 is 23.9 Å². The number of carbonyl (C=O) groups is 4. The number of rotatable bonds is 31. The minimum atomic E-state index is -1.10. The van der Waals surface area contributed by atoms with Crippen molar-refractivity contribution in [3.05, 3.63) is 410 Å². The molecule has 743 valence electrons. The minimum Gasteiger partial charge on any atom is -0.506 e. The van der Waals surface area contributed by atoms with E-state index < -0.39 is 87.7 Å². The number of pyridine rings is 9. The number of halogens is 12. The van der Waals surface area contributed by atoms with Crippen LogP contribution >= 0.6 is 0 Å². The summed E-state index contributed by atoms with van der Waals surface area (Å²) >= 11 is 0. The van der Waals surface area contributed by atoms with Crippen molar-refractivity contribution in [2.75, 3.05) is 26.4 Å². The Hall–Kier alpha value is -14.2. The van der Waals surface area contributed by atoms with Gasteiger partial charge in [0.15, 0.2) is 0 Å². The molecule has 0 unspecified atom stereocenters. The maximum atomic E-state index is 13.2. The van der Waals surface area contributed by atoms with Gasteiger partial charge in [-0.25, -0.2) is 34.1 Å². The largest absolute Gasteiger partial charge is 0.506 e. The summed E-state index contributed by atoms with van der Waals surface area (Å²) in [4.78, 5) is 77.0. The Labute approximate surface area is 846 Å². The summed E-state index contributed by atoms with van der Waals surface area (Å²) in [6, 6.07) is 65.8. The first-order valence-electron chi connectivity index (χ1n) is 42.3. The molecule has 0 aliphatic carbocycles. The second-order valence-corrected chi connectivity index (χ2v) is 28.4. The van der Waals surface area contributed by atoms with Crippen LogP contribution in [0, 0.1) is 106 Å². The second kappa shape index (κ2) is 67.9. The van der Waals surface area contributed by atoms with Crippen LogP contribution in [0.1, 0.15) is 121 Å². The Morgan fingerprint density at radius 2 is 0.525 bits per heavy atom. The van der Waals surface area contributed by atoms with E-state index in [0.717, 1.165) is 150 Å². The minimum absolute atomic E-state index is 0. The van der Waals surface area contributed by atoms with Crippen molar-refractivity contribution in [3.63, 3.8) is 0 Å². The van der Waals surface area contributed by atoms with E-state index in [1.807, 2.05) is 0 Å². The normalized spacial score (nSPS) is 9.91. The van der Waals surface area contributed by atoms with Gasteiger partial charge in [0, 0.05) is 180 Å².